The molecule has 1 aliphatic heterocycles. The molecule has 3 unspecified atom stereocenters. The van der Waals surface area contributed by atoms with E-state index in [1.54, 1.807) is 16.2 Å². The molecule has 2 heterocycles. The number of hydrogen-bond acceptors (Lipinski definition) is 5. The summed E-state index contributed by atoms with van der Waals surface area (Å²) in [5, 5.41) is 25.1. The maximum Gasteiger partial charge on any atom is 0.255 e. The minimum Gasteiger partial charge on any atom is -0.380 e. The molecule has 0 saturated heterocycles. The first-order chi connectivity index (χ1) is 13.5. The Morgan fingerprint density at radius 2 is 2.00 bits per heavy atom. The SMILES string of the molecule is CCC1c2ccccc2CCN1C(=O)C(O)C(O)C(=O)NCCc1cccs1. The zero-order valence-electron chi connectivity index (χ0n) is 15.9. The molecule has 0 aliphatic carbocycles. The van der Waals surface area contributed by atoms with Crippen LogP contribution in [0, 0.1) is 0 Å². The van der Waals surface area contributed by atoms with E-state index < -0.39 is 24.0 Å². The lowest BCUT2D eigenvalue weighted by Crippen LogP contribution is -2.53. The van der Waals surface area contributed by atoms with Gasteiger partial charge in [-0.05, 0) is 41.8 Å². The summed E-state index contributed by atoms with van der Waals surface area (Å²) >= 11 is 1.59. The first-order valence-electron chi connectivity index (χ1n) is 9.57. The third kappa shape index (κ3) is 4.43. The van der Waals surface area contributed by atoms with Gasteiger partial charge in [0, 0.05) is 18.0 Å². The van der Waals surface area contributed by atoms with Gasteiger partial charge in [-0.2, -0.15) is 0 Å². The average Bonchev–Trinajstić information content (AvgIpc) is 3.24. The number of benzene rings is 1. The fraction of sp³-hybridized carbons (Fsp3) is 0.429. The molecule has 28 heavy (non-hydrogen) atoms. The molecule has 2 aromatic rings. The van der Waals surface area contributed by atoms with Gasteiger partial charge in [-0.25, -0.2) is 0 Å². The molecule has 2 amide bonds. The number of fused-ring (bicyclic) bond motifs is 1. The predicted octanol–water partition coefficient (Wildman–Crippen LogP) is 1.66. The van der Waals surface area contributed by atoms with Crippen molar-refractivity contribution in [2.75, 3.05) is 13.1 Å². The van der Waals surface area contributed by atoms with Crippen molar-refractivity contribution >= 4 is 23.2 Å². The van der Waals surface area contributed by atoms with Crippen molar-refractivity contribution < 1.29 is 19.8 Å². The summed E-state index contributed by atoms with van der Waals surface area (Å²) in [4.78, 5) is 27.7. The largest absolute Gasteiger partial charge is 0.380 e. The van der Waals surface area contributed by atoms with Crippen LogP contribution in [0.1, 0.15) is 35.4 Å². The number of thiophene rings is 1. The van der Waals surface area contributed by atoms with Gasteiger partial charge in [-0.15, -0.1) is 11.3 Å². The molecule has 0 radical (unpaired) electrons. The molecule has 150 valence electrons. The van der Waals surface area contributed by atoms with Crippen molar-refractivity contribution in [1.82, 2.24) is 10.2 Å². The molecule has 0 saturated carbocycles. The molecule has 0 bridgehead atoms. The number of amides is 2. The summed E-state index contributed by atoms with van der Waals surface area (Å²) in [7, 11) is 0. The van der Waals surface area contributed by atoms with Gasteiger partial charge in [-0.1, -0.05) is 37.3 Å². The van der Waals surface area contributed by atoms with Crippen LogP contribution < -0.4 is 5.32 Å². The van der Waals surface area contributed by atoms with E-state index >= 15 is 0 Å². The van der Waals surface area contributed by atoms with Gasteiger partial charge in [-0.3, -0.25) is 9.59 Å². The fourth-order valence-electron chi connectivity index (χ4n) is 3.67. The molecule has 1 aromatic carbocycles. The highest BCUT2D eigenvalue weighted by Gasteiger charge is 2.37. The topological polar surface area (TPSA) is 89.9 Å². The summed E-state index contributed by atoms with van der Waals surface area (Å²) in [6, 6.07) is 11.7. The minimum atomic E-state index is -1.79. The van der Waals surface area contributed by atoms with E-state index in [-0.39, 0.29) is 6.04 Å². The van der Waals surface area contributed by atoms with E-state index in [1.807, 2.05) is 48.7 Å². The van der Waals surface area contributed by atoms with Crippen LogP contribution in [-0.2, 0) is 22.4 Å². The van der Waals surface area contributed by atoms with Crippen molar-refractivity contribution in [3.05, 3.63) is 57.8 Å². The standard InChI is InChI=1S/C21H26N2O4S/c1-2-17-16-8-4-3-6-14(16)10-12-23(17)21(27)19(25)18(24)20(26)22-11-9-15-7-5-13-28-15/h3-8,13,17-19,24-25H,2,9-12H2,1H3,(H,22,26). The van der Waals surface area contributed by atoms with Gasteiger partial charge in [0.2, 0.25) is 0 Å². The van der Waals surface area contributed by atoms with Crippen LogP contribution in [0.4, 0.5) is 0 Å². The Kier molecular flexibility index (Phi) is 6.83. The van der Waals surface area contributed by atoms with E-state index in [0.29, 0.717) is 32.4 Å². The Balaban J connectivity index is 1.60. The van der Waals surface area contributed by atoms with Crippen LogP contribution >= 0.6 is 11.3 Å². The monoisotopic (exact) mass is 402 g/mol. The molecule has 1 aromatic heterocycles. The molecular formula is C21H26N2O4S. The van der Waals surface area contributed by atoms with E-state index in [9.17, 15) is 19.8 Å². The summed E-state index contributed by atoms with van der Waals surface area (Å²) in [6.07, 6.45) is -1.54. The molecule has 0 fully saturated rings. The lowest BCUT2D eigenvalue weighted by Gasteiger charge is -2.38. The highest BCUT2D eigenvalue weighted by Crippen LogP contribution is 2.32. The molecule has 3 N–H and O–H groups in total. The lowest BCUT2D eigenvalue weighted by atomic mass is 9.90. The highest BCUT2D eigenvalue weighted by atomic mass is 32.1. The fourth-order valence-corrected chi connectivity index (χ4v) is 4.38. The Morgan fingerprint density at radius 3 is 2.71 bits per heavy atom. The van der Waals surface area contributed by atoms with Gasteiger partial charge in [0.15, 0.2) is 12.2 Å². The van der Waals surface area contributed by atoms with Crippen LogP contribution in [-0.4, -0.2) is 52.2 Å². The summed E-state index contributed by atoms with van der Waals surface area (Å²) in [5.41, 5.74) is 2.26. The maximum absolute atomic E-state index is 12.8. The zero-order chi connectivity index (χ0) is 20.1. The number of carbonyl (C=O) groups is 2. The number of nitrogens with one attached hydrogen (secondary N) is 1. The Labute approximate surface area is 168 Å². The minimum absolute atomic E-state index is 0.166. The van der Waals surface area contributed by atoms with Crippen molar-refractivity contribution in [2.45, 2.75) is 44.4 Å². The molecule has 3 atom stereocenters. The van der Waals surface area contributed by atoms with Crippen molar-refractivity contribution in [2.24, 2.45) is 0 Å². The van der Waals surface area contributed by atoms with Gasteiger partial charge in [0.05, 0.1) is 6.04 Å². The molecule has 1 aliphatic rings. The van der Waals surface area contributed by atoms with Crippen LogP contribution in [0.3, 0.4) is 0 Å². The Bertz CT molecular complexity index is 808. The van der Waals surface area contributed by atoms with Gasteiger partial charge in [0.1, 0.15) is 0 Å². The van der Waals surface area contributed by atoms with Crippen LogP contribution in [0.2, 0.25) is 0 Å². The number of aliphatic hydroxyl groups excluding tert-OH is 2. The van der Waals surface area contributed by atoms with E-state index in [4.69, 9.17) is 0 Å². The number of nitrogens with zero attached hydrogens (tertiary/aromatic N) is 1. The summed E-state index contributed by atoms with van der Waals surface area (Å²) < 4.78 is 0. The van der Waals surface area contributed by atoms with Gasteiger partial charge in [0.25, 0.3) is 11.8 Å². The number of hydrogen-bond donors (Lipinski definition) is 3. The van der Waals surface area contributed by atoms with Crippen LogP contribution in [0.5, 0.6) is 0 Å². The second-order valence-corrected chi connectivity index (χ2v) is 7.95. The number of aliphatic hydroxyl groups is 2. The molecular weight excluding hydrogens is 376 g/mol. The predicted molar refractivity (Wildman–Crippen MR) is 108 cm³/mol. The molecule has 6 nitrogen and oxygen atoms in total. The van der Waals surface area contributed by atoms with E-state index in [1.165, 1.54) is 5.56 Å². The smallest absolute Gasteiger partial charge is 0.255 e. The number of rotatable bonds is 7. The third-order valence-corrected chi connectivity index (χ3v) is 6.09. The first-order valence-corrected chi connectivity index (χ1v) is 10.5. The maximum atomic E-state index is 12.8. The Hall–Kier alpha value is -2.22. The lowest BCUT2D eigenvalue weighted by molar-refractivity contribution is -0.155. The van der Waals surface area contributed by atoms with Crippen molar-refractivity contribution in [3.8, 4) is 0 Å². The van der Waals surface area contributed by atoms with Crippen LogP contribution in [0.15, 0.2) is 41.8 Å². The molecule has 3 rings (SSSR count). The van der Waals surface area contributed by atoms with Crippen LogP contribution in [0.25, 0.3) is 0 Å². The summed E-state index contributed by atoms with van der Waals surface area (Å²) in [6.45, 7) is 2.78. The zero-order valence-corrected chi connectivity index (χ0v) is 16.7. The van der Waals surface area contributed by atoms with Crippen molar-refractivity contribution in [3.63, 3.8) is 0 Å². The second kappa shape index (κ2) is 9.32. The highest BCUT2D eigenvalue weighted by molar-refractivity contribution is 7.09. The Morgan fingerprint density at radius 1 is 1.21 bits per heavy atom. The average molecular weight is 403 g/mol. The first kappa shape index (κ1) is 20.5. The van der Waals surface area contributed by atoms with Gasteiger partial charge >= 0.3 is 0 Å². The third-order valence-electron chi connectivity index (χ3n) is 5.15. The van der Waals surface area contributed by atoms with Gasteiger partial charge < -0.3 is 20.4 Å². The molecule has 7 heteroatoms. The van der Waals surface area contributed by atoms with E-state index in [0.717, 1.165) is 10.4 Å². The van der Waals surface area contributed by atoms with E-state index in [2.05, 4.69) is 5.32 Å². The normalized spacial score (nSPS) is 18.2. The van der Waals surface area contributed by atoms with Crippen molar-refractivity contribution in [1.29, 1.82) is 0 Å². The quantitative estimate of drug-likeness (QED) is 0.657. The second-order valence-electron chi connectivity index (χ2n) is 6.91. The summed E-state index contributed by atoms with van der Waals surface area (Å²) in [5.74, 6) is -1.34. The number of carbonyl (C=O) groups excluding carboxylic acids is 2. The molecule has 0 spiro atoms.